The molecule has 0 aliphatic carbocycles. The molecule has 2 heterocycles. The quantitative estimate of drug-likeness (QED) is 0.273. The number of ether oxygens (including phenoxy) is 1. The largest absolute Gasteiger partial charge is 0.494 e. The highest BCUT2D eigenvalue weighted by atomic mass is 35.5. The molecule has 0 amide bonds. The molecule has 3 aromatic carbocycles. The number of hydrogen-bond acceptors (Lipinski definition) is 6. The minimum Gasteiger partial charge on any atom is -0.494 e. The molecule has 0 atom stereocenters. The minimum absolute atomic E-state index is 0.170. The van der Waals surface area contributed by atoms with Crippen LogP contribution in [0.3, 0.4) is 0 Å². The highest BCUT2D eigenvalue weighted by Gasteiger charge is 2.17. The van der Waals surface area contributed by atoms with Gasteiger partial charge in [-0.25, -0.2) is 9.07 Å². The van der Waals surface area contributed by atoms with Crippen molar-refractivity contribution in [3.05, 3.63) is 117 Å². The van der Waals surface area contributed by atoms with Gasteiger partial charge in [0.05, 0.1) is 19.7 Å². The second kappa shape index (κ2) is 11.5. The fourth-order valence-electron chi connectivity index (χ4n) is 4.30. The van der Waals surface area contributed by atoms with E-state index < -0.39 is 0 Å². The summed E-state index contributed by atoms with van der Waals surface area (Å²) >= 11 is 6.48. The molecule has 194 valence electrons. The Kier molecular flexibility index (Phi) is 7.76. The summed E-state index contributed by atoms with van der Waals surface area (Å²) in [5.74, 6) is 1.05. The Morgan fingerprint density at radius 1 is 1.00 bits per heavy atom. The fraction of sp³-hybridized carbons (Fsp3) is 0.214. The summed E-state index contributed by atoms with van der Waals surface area (Å²) in [6, 6.07) is 21.3. The molecule has 0 spiro atoms. The lowest BCUT2D eigenvalue weighted by atomic mass is 10.1. The first-order valence-corrected chi connectivity index (χ1v) is 12.6. The van der Waals surface area contributed by atoms with Gasteiger partial charge in [-0.3, -0.25) is 9.69 Å². The summed E-state index contributed by atoms with van der Waals surface area (Å²) in [7, 11) is 0. The van der Waals surface area contributed by atoms with Crippen molar-refractivity contribution in [3.8, 4) is 5.75 Å². The number of nitrogens with one attached hydrogen (secondary N) is 1. The van der Waals surface area contributed by atoms with E-state index in [0.717, 1.165) is 27.8 Å². The van der Waals surface area contributed by atoms with Crippen LogP contribution in [0, 0.1) is 5.82 Å². The van der Waals surface area contributed by atoms with Gasteiger partial charge in [0.1, 0.15) is 11.6 Å². The molecule has 0 saturated heterocycles. The zero-order chi connectivity index (χ0) is 26.5. The molecule has 0 radical (unpaired) electrons. The van der Waals surface area contributed by atoms with Crippen molar-refractivity contribution < 1.29 is 9.13 Å². The summed E-state index contributed by atoms with van der Waals surface area (Å²) in [6.45, 7) is 4.03. The standard InChI is InChI=1S/C28H26ClFN6O2/c1-2-38-24-11-12-26-21(14-24)13-22(28(37)31-26)17-35(16-20-5-3-4-6-25(20)29)18-27-32-33-34-36(27)15-19-7-9-23(30)10-8-19/h3-14H,2,15-18H2,1H3,(H,31,37). The molecule has 2 aromatic heterocycles. The Balaban J connectivity index is 1.45. The number of halogens is 2. The lowest BCUT2D eigenvalue weighted by Gasteiger charge is -2.22. The highest BCUT2D eigenvalue weighted by Crippen LogP contribution is 2.22. The van der Waals surface area contributed by atoms with Crippen molar-refractivity contribution in [2.75, 3.05) is 6.61 Å². The Morgan fingerprint density at radius 2 is 1.79 bits per heavy atom. The van der Waals surface area contributed by atoms with Gasteiger partial charge in [0.25, 0.3) is 5.56 Å². The maximum atomic E-state index is 13.4. The van der Waals surface area contributed by atoms with Crippen molar-refractivity contribution in [2.24, 2.45) is 0 Å². The number of hydrogen-bond donors (Lipinski definition) is 1. The van der Waals surface area contributed by atoms with Crippen molar-refractivity contribution in [3.63, 3.8) is 0 Å². The van der Waals surface area contributed by atoms with E-state index in [1.165, 1.54) is 12.1 Å². The molecule has 0 aliphatic heterocycles. The fourth-order valence-corrected chi connectivity index (χ4v) is 4.50. The van der Waals surface area contributed by atoms with Gasteiger partial charge in [-0.05, 0) is 70.9 Å². The maximum absolute atomic E-state index is 13.4. The van der Waals surface area contributed by atoms with Crippen LogP contribution in [0.2, 0.25) is 5.02 Å². The number of H-pyrrole nitrogens is 1. The maximum Gasteiger partial charge on any atom is 0.252 e. The summed E-state index contributed by atoms with van der Waals surface area (Å²) in [6.07, 6.45) is 0. The molecule has 10 heteroatoms. The normalized spacial score (nSPS) is 11.4. The van der Waals surface area contributed by atoms with Gasteiger partial charge in [-0.1, -0.05) is 41.9 Å². The van der Waals surface area contributed by atoms with Crippen LogP contribution >= 0.6 is 11.6 Å². The first-order valence-electron chi connectivity index (χ1n) is 12.2. The van der Waals surface area contributed by atoms with Gasteiger partial charge in [-0.2, -0.15) is 0 Å². The summed E-state index contributed by atoms with van der Waals surface area (Å²) in [5, 5.41) is 13.7. The number of tetrazole rings is 1. The number of aromatic nitrogens is 5. The molecular weight excluding hydrogens is 507 g/mol. The smallest absolute Gasteiger partial charge is 0.252 e. The van der Waals surface area contributed by atoms with Crippen LogP contribution < -0.4 is 10.3 Å². The van der Waals surface area contributed by atoms with Crippen molar-refractivity contribution in [1.82, 2.24) is 30.1 Å². The lowest BCUT2D eigenvalue weighted by molar-refractivity contribution is 0.236. The molecule has 0 fully saturated rings. The van der Waals surface area contributed by atoms with Crippen LogP contribution in [0.4, 0.5) is 4.39 Å². The van der Waals surface area contributed by atoms with E-state index in [2.05, 4.69) is 25.4 Å². The molecular formula is C28H26ClFN6O2. The topological polar surface area (TPSA) is 88.9 Å². The van der Waals surface area contributed by atoms with E-state index in [-0.39, 0.29) is 11.4 Å². The van der Waals surface area contributed by atoms with Gasteiger partial charge in [0.2, 0.25) is 0 Å². The Bertz CT molecular complexity index is 1600. The van der Waals surface area contributed by atoms with Gasteiger partial charge >= 0.3 is 0 Å². The van der Waals surface area contributed by atoms with E-state index >= 15 is 0 Å². The third-order valence-corrected chi connectivity index (χ3v) is 6.53. The van der Waals surface area contributed by atoms with Gasteiger partial charge in [0.15, 0.2) is 5.82 Å². The number of benzene rings is 3. The zero-order valence-electron chi connectivity index (χ0n) is 20.8. The number of fused-ring (bicyclic) bond motifs is 1. The van der Waals surface area contributed by atoms with E-state index in [4.69, 9.17) is 16.3 Å². The average molecular weight is 533 g/mol. The van der Waals surface area contributed by atoms with E-state index in [1.54, 1.807) is 16.8 Å². The van der Waals surface area contributed by atoms with Crippen LogP contribution in [0.15, 0.2) is 77.6 Å². The number of aromatic amines is 1. The molecule has 0 aliphatic rings. The summed E-state index contributed by atoms with van der Waals surface area (Å²) < 4.78 is 20.7. The number of pyridine rings is 1. The SMILES string of the molecule is CCOc1ccc2[nH]c(=O)c(CN(Cc3ccccc3Cl)Cc3nnnn3Cc3ccc(F)cc3)cc2c1. The van der Waals surface area contributed by atoms with Crippen LogP contribution in [0.1, 0.15) is 29.4 Å². The number of rotatable bonds is 10. The monoisotopic (exact) mass is 532 g/mol. The zero-order valence-corrected chi connectivity index (χ0v) is 21.5. The van der Waals surface area contributed by atoms with Crippen molar-refractivity contribution >= 4 is 22.5 Å². The molecule has 5 rings (SSSR count). The first-order chi connectivity index (χ1) is 18.5. The van der Waals surface area contributed by atoms with Crippen LogP contribution in [-0.4, -0.2) is 36.7 Å². The van der Waals surface area contributed by atoms with Crippen LogP contribution in [0.25, 0.3) is 10.9 Å². The van der Waals surface area contributed by atoms with E-state index in [1.807, 2.05) is 55.5 Å². The Labute approximate surface area is 223 Å². The van der Waals surface area contributed by atoms with Crippen LogP contribution in [0.5, 0.6) is 5.75 Å². The minimum atomic E-state index is -0.300. The van der Waals surface area contributed by atoms with Gasteiger partial charge < -0.3 is 9.72 Å². The lowest BCUT2D eigenvalue weighted by Crippen LogP contribution is -2.28. The van der Waals surface area contributed by atoms with Crippen molar-refractivity contribution in [1.29, 1.82) is 0 Å². The van der Waals surface area contributed by atoms with Gasteiger partial charge in [-0.15, -0.1) is 5.10 Å². The molecule has 0 bridgehead atoms. The third-order valence-electron chi connectivity index (χ3n) is 6.17. The van der Waals surface area contributed by atoms with E-state index in [0.29, 0.717) is 49.2 Å². The highest BCUT2D eigenvalue weighted by molar-refractivity contribution is 6.31. The Morgan fingerprint density at radius 3 is 2.58 bits per heavy atom. The molecule has 1 N–H and O–H groups in total. The predicted molar refractivity (Wildman–Crippen MR) is 143 cm³/mol. The van der Waals surface area contributed by atoms with Crippen molar-refractivity contribution in [2.45, 2.75) is 33.1 Å². The molecule has 38 heavy (non-hydrogen) atoms. The molecule has 0 unspecified atom stereocenters. The number of nitrogens with zero attached hydrogens (tertiary/aromatic N) is 5. The molecule has 5 aromatic rings. The molecule has 8 nitrogen and oxygen atoms in total. The predicted octanol–water partition coefficient (Wildman–Crippen LogP) is 4.96. The van der Waals surface area contributed by atoms with Crippen LogP contribution in [-0.2, 0) is 26.2 Å². The Hall–Kier alpha value is -4.08. The summed E-state index contributed by atoms with van der Waals surface area (Å²) in [4.78, 5) is 18.1. The second-order valence-electron chi connectivity index (χ2n) is 8.92. The van der Waals surface area contributed by atoms with Gasteiger partial charge in [0, 0.05) is 34.6 Å². The average Bonchev–Trinajstić information content (AvgIpc) is 3.33. The summed E-state index contributed by atoms with van der Waals surface area (Å²) in [5.41, 5.74) is 2.95. The first kappa shape index (κ1) is 25.6. The molecule has 0 saturated carbocycles. The second-order valence-corrected chi connectivity index (χ2v) is 9.33. The third kappa shape index (κ3) is 6.07. The van der Waals surface area contributed by atoms with E-state index in [9.17, 15) is 9.18 Å².